The summed E-state index contributed by atoms with van der Waals surface area (Å²) in [6.07, 6.45) is -2.01. The topological polar surface area (TPSA) is 57.2 Å². The van der Waals surface area contributed by atoms with Gasteiger partial charge in [-0.25, -0.2) is 0 Å². The molecule has 1 aromatic rings. The Morgan fingerprint density at radius 3 is 2.65 bits per heavy atom. The lowest BCUT2D eigenvalue weighted by atomic mass is 10.1. The average Bonchev–Trinajstić information content (AvgIpc) is 2.76. The zero-order valence-corrected chi connectivity index (χ0v) is 11.7. The van der Waals surface area contributed by atoms with E-state index in [2.05, 4.69) is 0 Å². The summed E-state index contributed by atoms with van der Waals surface area (Å²) in [5.41, 5.74) is 1.07. The van der Waals surface area contributed by atoms with Gasteiger partial charge in [0.1, 0.15) is 18.3 Å². The lowest BCUT2D eigenvalue weighted by Crippen LogP contribution is -2.52. The monoisotopic (exact) mass is 280 g/mol. The van der Waals surface area contributed by atoms with Crippen molar-refractivity contribution in [2.75, 3.05) is 6.61 Å². The number of hydrogen-bond donors (Lipinski definition) is 1. The van der Waals surface area contributed by atoms with Gasteiger partial charge in [-0.2, -0.15) is 0 Å². The molecule has 0 unspecified atom stereocenters. The number of ether oxygens (including phenoxy) is 4. The van der Waals surface area contributed by atoms with Crippen LogP contribution in [0.5, 0.6) is 0 Å². The Morgan fingerprint density at radius 1 is 1.20 bits per heavy atom. The highest BCUT2D eigenvalue weighted by Gasteiger charge is 2.52. The van der Waals surface area contributed by atoms with Crippen LogP contribution in [0.2, 0.25) is 0 Å². The SMILES string of the molecule is CC1(C)O[C@@H]2[C@@H](O1)[C@H](OCc1ccccc1)OC[C@@H]2O. The zero-order chi connectivity index (χ0) is 14.2. The Hall–Kier alpha value is -0.980. The molecule has 3 rings (SSSR count). The van der Waals surface area contributed by atoms with Crippen molar-refractivity contribution in [1.82, 2.24) is 0 Å². The van der Waals surface area contributed by atoms with Gasteiger partial charge in [0.25, 0.3) is 0 Å². The van der Waals surface area contributed by atoms with Gasteiger partial charge in [-0.05, 0) is 19.4 Å². The molecule has 2 aliphatic rings. The normalized spacial score (nSPS) is 35.8. The Balaban J connectivity index is 1.65. The second kappa shape index (κ2) is 5.42. The molecule has 1 aromatic carbocycles. The number of aliphatic hydroxyl groups excluding tert-OH is 1. The predicted molar refractivity (Wildman–Crippen MR) is 70.8 cm³/mol. The maximum Gasteiger partial charge on any atom is 0.187 e. The van der Waals surface area contributed by atoms with E-state index in [0.29, 0.717) is 6.61 Å². The molecule has 0 radical (unpaired) electrons. The van der Waals surface area contributed by atoms with E-state index in [-0.39, 0.29) is 6.61 Å². The van der Waals surface area contributed by atoms with E-state index in [0.717, 1.165) is 5.56 Å². The number of fused-ring (bicyclic) bond motifs is 1. The van der Waals surface area contributed by atoms with Crippen LogP contribution in [0, 0.1) is 0 Å². The minimum atomic E-state index is -0.724. The third-order valence-electron chi connectivity index (χ3n) is 3.50. The Bertz CT molecular complexity index is 447. The van der Waals surface area contributed by atoms with Gasteiger partial charge in [0.05, 0.1) is 13.2 Å². The van der Waals surface area contributed by atoms with Crippen LogP contribution in [0.1, 0.15) is 19.4 Å². The fourth-order valence-electron chi connectivity index (χ4n) is 2.60. The van der Waals surface area contributed by atoms with Crippen molar-refractivity contribution in [2.45, 2.75) is 50.8 Å². The molecule has 0 spiro atoms. The fraction of sp³-hybridized carbons (Fsp3) is 0.600. The van der Waals surface area contributed by atoms with Crippen LogP contribution >= 0.6 is 0 Å². The lowest BCUT2D eigenvalue weighted by Gasteiger charge is -2.34. The second-order valence-electron chi connectivity index (χ2n) is 5.63. The van der Waals surface area contributed by atoms with Crippen molar-refractivity contribution >= 4 is 0 Å². The molecule has 4 atom stereocenters. The first kappa shape index (κ1) is 14.0. The largest absolute Gasteiger partial charge is 0.388 e. The molecule has 2 aliphatic heterocycles. The maximum atomic E-state index is 9.93. The molecular weight excluding hydrogens is 260 g/mol. The Labute approximate surface area is 118 Å². The van der Waals surface area contributed by atoms with E-state index in [1.165, 1.54) is 0 Å². The molecule has 2 saturated heterocycles. The third kappa shape index (κ3) is 2.87. The first-order valence-electron chi connectivity index (χ1n) is 6.86. The highest BCUT2D eigenvalue weighted by molar-refractivity contribution is 5.13. The third-order valence-corrected chi connectivity index (χ3v) is 3.50. The molecule has 1 N–H and O–H groups in total. The van der Waals surface area contributed by atoms with Crippen molar-refractivity contribution in [3.63, 3.8) is 0 Å². The number of rotatable bonds is 3. The number of aliphatic hydroxyl groups is 1. The summed E-state index contributed by atoms with van der Waals surface area (Å²) >= 11 is 0. The van der Waals surface area contributed by atoms with E-state index < -0.39 is 30.4 Å². The molecule has 5 nitrogen and oxygen atoms in total. The van der Waals surface area contributed by atoms with E-state index in [9.17, 15) is 5.11 Å². The molecule has 0 aliphatic carbocycles. The first-order chi connectivity index (χ1) is 9.55. The van der Waals surface area contributed by atoms with Crippen molar-refractivity contribution < 1.29 is 24.1 Å². The van der Waals surface area contributed by atoms with Crippen molar-refractivity contribution in [1.29, 1.82) is 0 Å². The molecule has 2 heterocycles. The fourth-order valence-corrected chi connectivity index (χ4v) is 2.60. The van der Waals surface area contributed by atoms with Crippen LogP contribution in [-0.2, 0) is 25.6 Å². The molecule has 110 valence electrons. The quantitative estimate of drug-likeness (QED) is 0.908. The summed E-state index contributed by atoms with van der Waals surface area (Å²) < 4.78 is 22.8. The van der Waals surface area contributed by atoms with Crippen molar-refractivity contribution in [2.24, 2.45) is 0 Å². The summed E-state index contributed by atoms with van der Waals surface area (Å²) in [5, 5.41) is 9.93. The molecular formula is C15H20O5. The summed E-state index contributed by atoms with van der Waals surface area (Å²) in [6.45, 7) is 4.28. The van der Waals surface area contributed by atoms with Gasteiger partial charge < -0.3 is 24.1 Å². The second-order valence-corrected chi connectivity index (χ2v) is 5.63. The van der Waals surface area contributed by atoms with Gasteiger partial charge in [-0.1, -0.05) is 30.3 Å². The van der Waals surface area contributed by atoms with Crippen molar-refractivity contribution in [3.8, 4) is 0 Å². The van der Waals surface area contributed by atoms with E-state index in [1.807, 2.05) is 44.2 Å². The van der Waals surface area contributed by atoms with Gasteiger partial charge in [0.15, 0.2) is 12.1 Å². The number of hydrogen-bond acceptors (Lipinski definition) is 5. The van der Waals surface area contributed by atoms with Crippen molar-refractivity contribution in [3.05, 3.63) is 35.9 Å². The van der Waals surface area contributed by atoms with E-state index in [1.54, 1.807) is 0 Å². The highest BCUT2D eigenvalue weighted by atomic mass is 16.8. The minimum absolute atomic E-state index is 0.195. The van der Waals surface area contributed by atoms with Crippen LogP contribution in [0.3, 0.4) is 0 Å². The predicted octanol–water partition coefficient (Wildman–Crippen LogP) is 1.44. The van der Waals surface area contributed by atoms with Crippen LogP contribution in [0.4, 0.5) is 0 Å². The van der Waals surface area contributed by atoms with E-state index in [4.69, 9.17) is 18.9 Å². The number of benzene rings is 1. The van der Waals surface area contributed by atoms with Crippen LogP contribution < -0.4 is 0 Å². The maximum absolute atomic E-state index is 9.93. The smallest absolute Gasteiger partial charge is 0.187 e. The Morgan fingerprint density at radius 2 is 1.90 bits per heavy atom. The first-order valence-corrected chi connectivity index (χ1v) is 6.86. The zero-order valence-electron chi connectivity index (χ0n) is 11.7. The van der Waals surface area contributed by atoms with Gasteiger partial charge in [0, 0.05) is 0 Å². The van der Waals surface area contributed by atoms with Gasteiger partial charge in [-0.3, -0.25) is 0 Å². The summed E-state index contributed by atoms with van der Waals surface area (Å²) in [5.74, 6) is -0.724. The molecule has 2 fully saturated rings. The highest BCUT2D eigenvalue weighted by Crippen LogP contribution is 2.35. The van der Waals surface area contributed by atoms with Gasteiger partial charge in [0.2, 0.25) is 0 Å². The Kier molecular flexibility index (Phi) is 3.79. The summed E-state index contributed by atoms with van der Waals surface area (Å²) in [4.78, 5) is 0. The molecule has 5 heteroatoms. The van der Waals surface area contributed by atoms with Crippen LogP contribution in [-0.4, -0.2) is 42.1 Å². The molecule has 20 heavy (non-hydrogen) atoms. The molecule has 0 amide bonds. The standard InChI is InChI=1S/C15H20O5/c1-15(2)19-12-11(16)9-18-14(13(12)20-15)17-8-10-6-4-3-5-7-10/h3-7,11-14,16H,8-9H2,1-2H3/t11-,12-,13+,14+/m0/s1. The average molecular weight is 280 g/mol. The summed E-state index contributed by atoms with van der Waals surface area (Å²) in [6, 6.07) is 9.87. The van der Waals surface area contributed by atoms with Crippen LogP contribution in [0.25, 0.3) is 0 Å². The van der Waals surface area contributed by atoms with Gasteiger partial charge >= 0.3 is 0 Å². The molecule has 0 saturated carbocycles. The molecule has 0 aromatic heterocycles. The van der Waals surface area contributed by atoms with Crippen LogP contribution in [0.15, 0.2) is 30.3 Å². The lowest BCUT2D eigenvalue weighted by molar-refractivity contribution is -0.251. The van der Waals surface area contributed by atoms with Gasteiger partial charge in [-0.15, -0.1) is 0 Å². The van der Waals surface area contributed by atoms with E-state index >= 15 is 0 Å². The molecule has 0 bridgehead atoms. The minimum Gasteiger partial charge on any atom is -0.388 e. The summed E-state index contributed by atoms with van der Waals surface area (Å²) in [7, 11) is 0.